The summed E-state index contributed by atoms with van der Waals surface area (Å²) < 4.78 is 20.8. The number of allylic oxidation sites excluding steroid dienone is 6. The highest BCUT2D eigenvalue weighted by molar-refractivity contribution is 7.80. The van der Waals surface area contributed by atoms with Gasteiger partial charge in [0.05, 0.1) is 12.1 Å². The van der Waals surface area contributed by atoms with Crippen LogP contribution in [0.5, 0.6) is 0 Å². The van der Waals surface area contributed by atoms with Crippen LogP contribution < -0.4 is 11.1 Å². The zero-order valence-corrected chi connectivity index (χ0v) is 17.0. The van der Waals surface area contributed by atoms with Crippen LogP contribution >= 0.6 is 20.0 Å². The van der Waals surface area contributed by atoms with Gasteiger partial charge >= 0.3 is 7.82 Å². The molecule has 0 unspecified atom stereocenters. The summed E-state index contributed by atoms with van der Waals surface area (Å²) in [6.07, 6.45) is 16.0. The van der Waals surface area contributed by atoms with Crippen LogP contribution in [0, 0.1) is 0 Å². The number of thiocarbonyl (C=S) groups is 1. The molecule has 0 aromatic heterocycles. The Morgan fingerprint density at radius 2 is 1.67 bits per heavy atom. The Balaban J connectivity index is 1.89. The fourth-order valence-electron chi connectivity index (χ4n) is 2.41. The van der Waals surface area contributed by atoms with Gasteiger partial charge in [0, 0.05) is 6.54 Å². The minimum absolute atomic E-state index is 0.0770. The number of rotatable bonds is 6. The first kappa shape index (κ1) is 21.8. The number of hydrogen-bond donors (Lipinski definition) is 4. The van der Waals surface area contributed by atoms with E-state index >= 15 is 0 Å². The minimum Gasteiger partial charge on any atom is -0.456 e. The van der Waals surface area contributed by atoms with Crippen LogP contribution in [0.15, 0.2) is 59.8 Å². The summed E-state index contributed by atoms with van der Waals surface area (Å²) in [5, 5.41) is 3.09. The molecule has 0 fully saturated rings. The summed E-state index contributed by atoms with van der Waals surface area (Å²) in [5.41, 5.74) is 6.97. The van der Waals surface area contributed by atoms with Gasteiger partial charge in [-0.2, -0.15) is 0 Å². The fraction of sp³-hybridized carbons (Fsp3) is 0.389. The van der Waals surface area contributed by atoms with Crippen LogP contribution in [0.2, 0.25) is 0 Å². The highest BCUT2D eigenvalue weighted by atomic mass is 32.1. The summed E-state index contributed by atoms with van der Waals surface area (Å²) in [5.74, 6) is 0. The molecular weight excluding hydrogens is 387 g/mol. The van der Waals surface area contributed by atoms with Crippen molar-refractivity contribution in [1.82, 2.24) is 5.32 Å². The van der Waals surface area contributed by atoms with Crippen LogP contribution in [0.4, 0.5) is 0 Å². The maximum atomic E-state index is 10.6. The molecular formula is C18H25N2O5PS. The standard InChI is InChI=1S/C18H25N2O5PS/c1-17(19)8-4-14-6-10-18(2,11-7-15(14)5-9-17)25-16(27)20-12-3-13-24-26(21,22)23/h4-11H,3,12-13,19H2,1-2H3,(H,20,27)(H2,21,22,23). The van der Waals surface area contributed by atoms with E-state index in [-0.39, 0.29) is 11.8 Å². The van der Waals surface area contributed by atoms with Crippen molar-refractivity contribution in [2.75, 3.05) is 13.2 Å². The van der Waals surface area contributed by atoms with E-state index in [0.29, 0.717) is 13.0 Å². The van der Waals surface area contributed by atoms with Gasteiger partial charge in [-0.15, -0.1) is 0 Å². The van der Waals surface area contributed by atoms with Gasteiger partial charge < -0.3 is 25.6 Å². The third kappa shape index (κ3) is 7.54. The summed E-state index contributed by atoms with van der Waals surface area (Å²) in [7, 11) is -4.43. The average Bonchev–Trinajstić information content (AvgIpc) is 2.78. The molecule has 2 aliphatic carbocycles. The Morgan fingerprint density at radius 3 is 2.19 bits per heavy atom. The Kier molecular flexibility index (Phi) is 6.97. The van der Waals surface area contributed by atoms with Crippen LogP contribution in [-0.4, -0.2) is 39.3 Å². The number of phosphoric acid groups is 1. The van der Waals surface area contributed by atoms with Gasteiger partial charge in [-0.3, -0.25) is 4.52 Å². The highest BCUT2D eigenvalue weighted by Gasteiger charge is 2.23. The van der Waals surface area contributed by atoms with Crippen molar-refractivity contribution in [2.45, 2.75) is 31.4 Å². The SMILES string of the molecule is CC1(N)C=CC2=C(C=C1)C=CC(C)(OC(=S)NCCCOP(=O)(O)O)C=C2. The van der Waals surface area contributed by atoms with Gasteiger partial charge in [-0.1, -0.05) is 36.5 Å². The molecule has 0 radical (unpaired) electrons. The van der Waals surface area contributed by atoms with E-state index in [0.717, 1.165) is 11.1 Å². The van der Waals surface area contributed by atoms with E-state index < -0.39 is 19.0 Å². The lowest BCUT2D eigenvalue weighted by Crippen LogP contribution is -2.34. The first-order valence-electron chi connectivity index (χ1n) is 8.45. The van der Waals surface area contributed by atoms with Crippen molar-refractivity contribution in [3.8, 4) is 0 Å². The van der Waals surface area contributed by atoms with Crippen molar-refractivity contribution >= 4 is 25.2 Å². The molecule has 0 saturated heterocycles. The lowest BCUT2D eigenvalue weighted by atomic mass is 10.0. The van der Waals surface area contributed by atoms with Gasteiger partial charge in [0.25, 0.3) is 5.17 Å². The van der Waals surface area contributed by atoms with E-state index in [2.05, 4.69) is 9.84 Å². The largest absolute Gasteiger partial charge is 0.469 e. The molecule has 5 N–H and O–H groups in total. The minimum atomic E-state index is -4.43. The van der Waals surface area contributed by atoms with Gasteiger partial charge in [0.15, 0.2) is 0 Å². The van der Waals surface area contributed by atoms with Crippen molar-refractivity contribution in [3.05, 3.63) is 59.8 Å². The molecule has 0 heterocycles. The zero-order chi connectivity index (χ0) is 20.1. The van der Waals surface area contributed by atoms with Gasteiger partial charge in [0.1, 0.15) is 5.60 Å². The Bertz CT molecular complexity index is 741. The van der Waals surface area contributed by atoms with E-state index in [4.69, 9.17) is 32.5 Å². The predicted octanol–water partition coefficient (Wildman–Crippen LogP) is 2.40. The quantitative estimate of drug-likeness (QED) is 0.299. The molecule has 0 aliphatic heterocycles. The Morgan fingerprint density at radius 1 is 1.15 bits per heavy atom. The first-order valence-corrected chi connectivity index (χ1v) is 10.4. The Labute approximate surface area is 164 Å². The second kappa shape index (κ2) is 8.65. The molecule has 0 aromatic carbocycles. The van der Waals surface area contributed by atoms with Crippen molar-refractivity contribution in [2.24, 2.45) is 5.73 Å². The van der Waals surface area contributed by atoms with Crippen LogP contribution in [0.1, 0.15) is 20.3 Å². The van der Waals surface area contributed by atoms with E-state index in [1.807, 2.05) is 62.5 Å². The highest BCUT2D eigenvalue weighted by Crippen LogP contribution is 2.35. The molecule has 0 saturated carbocycles. The maximum Gasteiger partial charge on any atom is 0.469 e. The number of phosphoric ester groups is 1. The number of ether oxygens (including phenoxy) is 1. The predicted molar refractivity (Wildman–Crippen MR) is 109 cm³/mol. The fourth-order valence-corrected chi connectivity index (χ4v) is 3.05. The average molecular weight is 412 g/mol. The smallest absolute Gasteiger partial charge is 0.456 e. The molecule has 2 aliphatic rings. The zero-order valence-electron chi connectivity index (χ0n) is 15.3. The third-order valence-corrected chi connectivity index (χ3v) is 4.67. The monoisotopic (exact) mass is 412 g/mol. The Hall–Kier alpha value is -1.54. The molecule has 2 rings (SSSR count). The summed E-state index contributed by atoms with van der Waals surface area (Å²) in [6, 6.07) is 0. The van der Waals surface area contributed by atoms with E-state index in [9.17, 15) is 4.57 Å². The molecule has 9 heteroatoms. The van der Waals surface area contributed by atoms with Crippen molar-refractivity contribution in [3.63, 3.8) is 0 Å². The molecule has 148 valence electrons. The summed E-state index contributed by atoms with van der Waals surface area (Å²) in [4.78, 5) is 17.2. The van der Waals surface area contributed by atoms with Gasteiger partial charge in [0.2, 0.25) is 0 Å². The van der Waals surface area contributed by atoms with Crippen LogP contribution in [0.3, 0.4) is 0 Å². The summed E-state index contributed by atoms with van der Waals surface area (Å²) in [6.45, 7) is 4.11. The lowest BCUT2D eigenvalue weighted by molar-refractivity contribution is 0.173. The molecule has 0 atom stereocenters. The van der Waals surface area contributed by atoms with Crippen molar-refractivity contribution < 1.29 is 23.6 Å². The maximum absolute atomic E-state index is 10.6. The topological polar surface area (TPSA) is 114 Å². The number of nitrogens with two attached hydrogens (primary N) is 1. The lowest BCUT2D eigenvalue weighted by Gasteiger charge is -2.24. The normalized spacial score (nSPS) is 20.0. The van der Waals surface area contributed by atoms with Crippen molar-refractivity contribution in [1.29, 1.82) is 0 Å². The second-order valence-corrected chi connectivity index (χ2v) is 8.40. The molecule has 0 spiro atoms. The molecule has 0 amide bonds. The third-order valence-electron chi connectivity index (χ3n) is 3.93. The molecule has 0 bridgehead atoms. The van der Waals surface area contributed by atoms with Crippen LogP contribution in [0.25, 0.3) is 0 Å². The molecule has 7 nitrogen and oxygen atoms in total. The van der Waals surface area contributed by atoms with Gasteiger partial charge in [-0.25, -0.2) is 4.57 Å². The van der Waals surface area contributed by atoms with Gasteiger partial charge in [-0.05, 0) is 55.8 Å². The first-order chi connectivity index (χ1) is 12.5. The number of hydrogen-bond acceptors (Lipinski definition) is 5. The van der Waals surface area contributed by atoms with Crippen LogP contribution in [-0.2, 0) is 13.8 Å². The summed E-state index contributed by atoms with van der Waals surface area (Å²) >= 11 is 5.20. The molecule has 0 aromatic rings. The molecule has 27 heavy (non-hydrogen) atoms. The van der Waals surface area contributed by atoms with E-state index in [1.165, 1.54) is 0 Å². The number of nitrogens with one attached hydrogen (secondary N) is 1. The second-order valence-electron chi connectivity index (χ2n) is 6.79. The van der Waals surface area contributed by atoms with E-state index in [1.54, 1.807) is 0 Å².